The molecule has 3 atom stereocenters. The van der Waals surface area contributed by atoms with Gasteiger partial charge in [-0.25, -0.2) is 0 Å². The molecule has 3 aromatic carbocycles. The summed E-state index contributed by atoms with van der Waals surface area (Å²) in [5, 5.41) is 5.03. The topological polar surface area (TPSA) is 74.4 Å². The minimum absolute atomic E-state index is 0.0328. The van der Waals surface area contributed by atoms with Crippen LogP contribution in [0.25, 0.3) is 10.8 Å². The Bertz CT molecular complexity index is 1420. The van der Waals surface area contributed by atoms with Gasteiger partial charge in [-0.1, -0.05) is 56.3 Å². The predicted molar refractivity (Wildman–Crippen MR) is 163 cm³/mol. The molecule has 8 heteroatoms. The van der Waals surface area contributed by atoms with Gasteiger partial charge in [0.15, 0.2) is 0 Å². The highest BCUT2D eigenvalue weighted by Gasteiger charge is 2.35. The van der Waals surface area contributed by atoms with Crippen LogP contribution in [0.4, 0.5) is 0 Å². The number of ether oxygens (including phenoxy) is 2. The zero-order valence-corrected chi connectivity index (χ0v) is 24.8. The summed E-state index contributed by atoms with van der Waals surface area (Å²) in [6.07, 6.45) is 1.96. The third kappa shape index (κ3) is 6.37. The van der Waals surface area contributed by atoms with E-state index in [0.29, 0.717) is 38.8 Å². The van der Waals surface area contributed by atoms with Gasteiger partial charge in [-0.3, -0.25) is 29.6 Å². The van der Waals surface area contributed by atoms with E-state index in [1.165, 1.54) is 16.3 Å². The average molecular weight is 571 g/mol. The number of piperidine rings is 2. The Hall–Kier alpha value is -3.30. The lowest BCUT2D eigenvalue weighted by molar-refractivity contribution is -0.140. The standard InChI is InChI=1S/C34H42N4O4/c1-3-37(4-2)30-15-16-36(19-24-9-10-25-7-5-6-8-26(25)17-24)21-32(30)42-29-12-11-27-22-41-23-38(20-28(27)18-29)31-13-14-33(39)35-34(31)40/h5-12,17-18,30-32H,3-4,13-16,19-23H2,1-2H3,(H,35,39,40). The first-order valence-corrected chi connectivity index (χ1v) is 15.4. The number of likely N-dealkylation sites (N-methyl/N-ethyl adjacent to an activating group) is 1. The number of benzene rings is 3. The number of carbonyl (C=O) groups excluding carboxylic acids is 2. The first-order valence-electron chi connectivity index (χ1n) is 15.4. The maximum absolute atomic E-state index is 12.6. The van der Waals surface area contributed by atoms with E-state index in [0.717, 1.165) is 56.0 Å². The van der Waals surface area contributed by atoms with Crippen LogP contribution in [0.3, 0.4) is 0 Å². The molecule has 0 radical (unpaired) electrons. The van der Waals surface area contributed by atoms with Gasteiger partial charge in [-0.05, 0) is 71.6 Å². The van der Waals surface area contributed by atoms with Crippen molar-refractivity contribution in [1.29, 1.82) is 0 Å². The van der Waals surface area contributed by atoms with E-state index in [1.54, 1.807) is 0 Å². The molecule has 0 aromatic heterocycles. The van der Waals surface area contributed by atoms with Crippen molar-refractivity contribution in [2.75, 3.05) is 32.9 Å². The lowest BCUT2D eigenvalue weighted by Gasteiger charge is -2.43. The first-order chi connectivity index (χ1) is 20.5. The lowest BCUT2D eigenvalue weighted by Crippen LogP contribution is -2.56. The molecule has 222 valence electrons. The molecule has 3 aliphatic rings. The molecular formula is C34H42N4O4. The van der Waals surface area contributed by atoms with Crippen LogP contribution >= 0.6 is 0 Å². The number of likely N-dealkylation sites (tertiary alicyclic amines) is 1. The maximum Gasteiger partial charge on any atom is 0.243 e. The van der Waals surface area contributed by atoms with Gasteiger partial charge in [0.25, 0.3) is 0 Å². The van der Waals surface area contributed by atoms with E-state index >= 15 is 0 Å². The van der Waals surface area contributed by atoms with Crippen molar-refractivity contribution in [3.8, 4) is 5.75 Å². The number of amides is 2. The van der Waals surface area contributed by atoms with E-state index in [2.05, 4.69) is 89.6 Å². The van der Waals surface area contributed by atoms with E-state index in [4.69, 9.17) is 9.47 Å². The van der Waals surface area contributed by atoms with Crippen molar-refractivity contribution in [3.63, 3.8) is 0 Å². The van der Waals surface area contributed by atoms with Gasteiger partial charge in [0.05, 0.1) is 12.6 Å². The molecule has 2 amide bonds. The highest BCUT2D eigenvalue weighted by Crippen LogP contribution is 2.29. The van der Waals surface area contributed by atoms with E-state index in [9.17, 15) is 9.59 Å². The van der Waals surface area contributed by atoms with Crippen molar-refractivity contribution < 1.29 is 19.1 Å². The van der Waals surface area contributed by atoms with Crippen molar-refractivity contribution in [3.05, 3.63) is 77.4 Å². The Labute approximate surface area is 248 Å². The van der Waals surface area contributed by atoms with Crippen LogP contribution < -0.4 is 10.1 Å². The number of nitrogens with one attached hydrogen (secondary N) is 1. The maximum atomic E-state index is 12.6. The van der Waals surface area contributed by atoms with Crippen LogP contribution in [0.1, 0.15) is 49.8 Å². The molecular weight excluding hydrogens is 528 g/mol. The van der Waals surface area contributed by atoms with Gasteiger partial charge in [-0.15, -0.1) is 0 Å². The summed E-state index contributed by atoms with van der Waals surface area (Å²) in [7, 11) is 0. The Morgan fingerprint density at radius 3 is 2.62 bits per heavy atom. The van der Waals surface area contributed by atoms with Crippen molar-refractivity contribution in [2.45, 2.75) is 71.0 Å². The minimum atomic E-state index is -0.368. The van der Waals surface area contributed by atoms with Gasteiger partial charge in [0.2, 0.25) is 11.8 Å². The number of nitrogens with zero attached hydrogens (tertiary/aromatic N) is 3. The third-order valence-corrected chi connectivity index (χ3v) is 9.11. The van der Waals surface area contributed by atoms with Gasteiger partial charge in [0.1, 0.15) is 18.6 Å². The summed E-state index contributed by atoms with van der Waals surface area (Å²) in [5.74, 6) is 0.419. The number of hydrogen-bond acceptors (Lipinski definition) is 7. The van der Waals surface area contributed by atoms with E-state index in [-0.39, 0.29) is 24.0 Å². The minimum Gasteiger partial charge on any atom is -0.487 e. The first kappa shape index (κ1) is 28.8. The van der Waals surface area contributed by atoms with E-state index < -0.39 is 0 Å². The molecule has 3 unspecified atom stereocenters. The fourth-order valence-corrected chi connectivity index (χ4v) is 6.84. The molecule has 0 aliphatic carbocycles. The molecule has 8 nitrogen and oxygen atoms in total. The summed E-state index contributed by atoms with van der Waals surface area (Å²) >= 11 is 0. The number of fused-ring (bicyclic) bond motifs is 2. The Morgan fingerprint density at radius 2 is 1.81 bits per heavy atom. The fraction of sp³-hybridized carbons (Fsp3) is 0.471. The SMILES string of the molecule is CCN(CC)C1CCN(Cc2ccc3ccccc3c2)CC1Oc1ccc2c(c1)CN(C1CCC(=O)NC1=O)COC2. The Morgan fingerprint density at radius 1 is 0.976 bits per heavy atom. The van der Waals surface area contributed by atoms with Crippen LogP contribution in [0.15, 0.2) is 60.7 Å². The second-order valence-corrected chi connectivity index (χ2v) is 11.8. The van der Waals surface area contributed by atoms with Gasteiger partial charge >= 0.3 is 0 Å². The van der Waals surface area contributed by atoms with Gasteiger partial charge in [0, 0.05) is 38.6 Å². The fourth-order valence-electron chi connectivity index (χ4n) is 6.84. The van der Waals surface area contributed by atoms with Crippen molar-refractivity contribution in [2.24, 2.45) is 0 Å². The monoisotopic (exact) mass is 570 g/mol. The molecule has 0 spiro atoms. The molecule has 0 saturated carbocycles. The number of rotatable bonds is 8. The predicted octanol–water partition coefficient (Wildman–Crippen LogP) is 4.30. The highest BCUT2D eigenvalue weighted by atomic mass is 16.5. The summed E-state index contributed by atoms with van der Waals surface area (Å²) in [6, 6.07) is 21.6. The Kier molecular flexibility index (Phi) is 8.86. The second-order valence-electron chi connectivity index (χ2n) is 11.8. The molecule has 3 aromatic rings. The van der Waals surface area contributed by atoms with Gasteiger partial charge in [-0.2, -0.15) is 0 Å². The van der Waals surface area contributed by atoms with Crippen molar-refractivity contribution in [1.82, 2.24) is 20.0 Å². The molecule has 6 rings (SSSR count). The van der Waals surface area contributed by atoms with Crippen LogP contribution in [0.5, 0.6) is 5.75 Å². The van der Waals surface area contributed by atoms with Crippen LogP contribution in [0, 0.1) is 0 Å². The highest BCUT2D eigenvalue weighted by molar-refractivity contribution is 6.00. The summed E-state index contributed by atoms with van der Waals surface area (Å²) in [5.41, 5.74) is 3.55. The summed E-state index contributed by atoms with van der Waals surface area (Å²) in [4.78, 5) is 31.4. The van der Waals surface area contributed by atoms with Crippen molar-refractivity contribution >= 4 is 22.6 Å². The van der Waals surface area contributed by atoms with Crippen LogP contribution in [-0.4, -0.2) is 77.6 Å². The summed E-state index contributed by atoms with van der Waals surface area (Å²) in [6.45, 7) is 10.7. The molecule has 1 N–H and O–H groups in total. The van der Waals surface area contributed by atoms with E-state index in [1.807, 2.05) is 4.90 Å². The Balaban J connectivity index is 1.19. The van der Waals surface area contributed by atoms with Crippen LogP contribution in [-0.2, 0) is 34.0 Å². The van der Waals surface area contributed by atoms with Gasteiger partial charge < -0.3 is 9.47 Å². The number of hydrogen-bond donors (Lipinski definition) is 1. The normalized spacial score (nSPS) is 23.9. The molecule has 0 bridgehead atoms. The largest absolute Gasteiger partial charge is 0.487 e. The smallest absolute Gasteiger partial charge is 0.243 e. The summed E-state index contributed by atoms with van der Waals surface area (Å²) < 4.78 is 12.8. The number of carbonyl (C=O) groups is 2. The van der Waals surface area contributed by atoms with Crippen LogP contribution in [0.2, 0.25) is 0 Å². The zero-order chi connectivity index (χ0) is 29.1. The lowest BCUT2D eigenvalue weighted by atomic mass is 9.98. The molecule has 42 heavy (non-hydrogen) atoms. The molecule has 3 aliphatic heterocycles. The molecule has 2 saturated heterocycles. The quantitative estimate of drug-likeness (QED) is 0.405. The average Bonchev–Trinajstić information content (AvgIpc) is 3.21. The third-order valence-electron chi connectivity index (χ3n) is 9.11. The number of imide groups is 1. The molecule has 2 fully saturated rings. The second kappa shape index (κ2) is 12.9. The molecule has 3 heterocycles. The zero-order valence-electron chi connectivity index (χ0n) is 24.8.